The predicted octanol–water partition coefficient (Wildman–Crippen LogP) is 3.18. The van der Waals surface area contributed by atoms with Crippen LogP contribution in [0.3, 0.4) is 0 Å². The van der Waals surface area contributed by atoms with Gasteiger partial charge in [0, 0.05) is 32.1 Å². The van der Waals surface area contributed by atoms with Crippen molar-refractivity contribution in [2.45, 2.75) is 32.6 Å². The van der Waals surface area contributed by atoms with E-state index in [-0.39, 0.29) is 17.9 Å². The Kier molecular flexibility index (Phi) is 6.64. The minimum Gasteiger partial charge on any atom is -0.495 e. The fourth-order valence-electron chi connectivity index (χ4n) is 4.15. The second-order valence-corrected chi connectivity index (χ2v) is 8.26. The van der Waals surface area contributed by atoms with Gasteiger partial charge in [-0.2, -0.15) is 0 Å². The molecule has 2 aliphatic rings. The summed E-state index contributed by atoms with van der Waals surface area (Å²) in [7, 11) is 1.59. The van der Waals surface area contributed by atoms with Gasteiger partial charge >= 0.3 is 6.03 Å². The van der Waals surface area contributed by atoms with E-state index in [9.17, 15) is 9.59 Å². The molecule has 0 aliphatic carbocycles. The summed E-state index contributed by atoms with van der Waals surface area (Å²) in [5, 5.41) is 2.95. The standard InChI is InChI=1S/C23H30N4O5/c1-15-4-5-19(30-3)18(14-15)24-23(29)27-8-6-17(7-9-27)21-25-20(16(2)32-21)22(28)26-10-12-31-13-11-26/h4-5,14,17H,6-13H2,1-3H3,(H,24,29). The van der Waals surface area contributed by atoms with Gasteiger partial charge in [-0.3, -0.25) is 4.79 Å². The minimum absolute atomic E-state index is 0.0810. The van der Waals surface area contributed by atoms with Gasteiger partial charge in [-0.15, -0.1) is 0 Å². The molecule has 0 spiro atoms. The molecular weight excluding hydrogens is 412 g/mol. The van der Waals surface area contributed by atoms with Crippen molar-refractivity contribution in [2.24, 2.45) is 0 Å². The molecule has 4 rings (SSSR count). The lowest BCUT2D eigenvalue weighted by Crippen LogP contribution is -2.41. The minimum atomic E-state index is -0.154. The van der Waals surface area contributed by atoms with Crippen molar-refractivity contribution < 1.29 is 23.5 Å². The largest absolute Gasteiger partial charge is 0.495 e. The first-order valence-corrected chi connectivity index (χ1v) is 11.0. The van der Waals surface area contributed by atoms with Gasteiger partial charge in [0.1, 0.15) is 11.5 Å². The molecule has 9 heteroatoms. The molecule has 1 aromatic carbocycles. The molecule has 32 heavy (non-hydrogen) atoms. The quantitative estimate of drug-likeness (QED) is 0.781. The molecular formula is C23H30N4O5. The number of carbonyl (C=O) groups excluding carboxylic acids is 2. The zero-order valence-corrected chi connectivity index (χ0v) is 18.8. The summed E-state index contributed by atoms with van der Waals surface area (Å²) >= 11 is 0. The fourth-order valence-corrected chi connectivity index (χ4v) is 4.15. The maximum atomic E-state index is 12.8. The number of anilines is 1. The van der Waals surface area contributed by atoms with E-state index in [1.165, 1.54) is 0 Å². The van der Waals surface area contributed by atoms with Crippen LogP contribution >= 0.6 is 0 Å². The van der Waals surface area contributed by atoms with Crippen LogP contribution in [0.5, 0.6) is 5.75 Å². The van der Waals surface area contributed by atoms with Crippen molar-refractivity contribution >= 4 is 17.6 Å². The first-order valence-electron chi connectivity index (χ1n) is 11.0. The first kappa shape index (κ1) is 22.1. The van der Waals surface area contributed by atoms with Crippen LogP contribution in [0, 0.1) is 13.8 Å². The topological polar surface area (TPSA) is 97.1 Å². The van der Waals surface area contributed by atoms with Crippen molar-refractivity contribution in [3.05, 3.63) is 41.1 Å². The van der Waals surface area contributed by atoms with Gasteiger partial charge in [-0.25, -0.2) is 9.78 Å². The van der Waals surface area contributed by atoms with Gasteiger partial charge in [0.05, 0.1) is 26.0 Å². The van der Waals surface area contributed by atoms with Gasteiger partial charge in [0.15, 0.2) is 11.6 Å². The second kappa shape index (κ2) is 9.60. The number of carbonyl (C=O) groups is 2. The molecule has 3 amide bonds. The third-order valence-electron chi connectivity index (χ3n) is 6.04. The third kappa shape index (κ3) is 4.72. The first-order chi connectivity index (χ1) is 15.5. The van der Waals surface area contributed by atoms with Crippen LogP contribution in [0.4, 0.5) is 10.5 Å². The van der Waals surface area contributed by atoms with Gasteiger partial charge < -0.3 is 29.0 Å². The van der Waals surface area contributed by atoms with Crippen LogP contribution in [0.2, 0.25) is 0 Å². The van der Waals surface area contributed by atoms with Crippen LogP contribution in [0.25, 0.3) is 0 Å². The zero-order valence-electron chi connectivity index (χ0n) is 18.8. The molecule has 2 fully saturated rings. The summed E-state index contributed by atoms with van der Waals surface area (Å²) in [5.41, 5.74) is 2.09. The maximum Gasteiger partial charge on any atom is 0.321 e. The molecule has 0 saturated carbocycles. The van der Waals surface area contributed by atoms with Crippen molar-refractivity contribution in [3.8, 4) is 5.75 Å². The van der Waals surface area contributed by atoms with E-state index in [4.69, 9.17) is 13.9 Å². The Morgan fingerprint density at radius 2 is 1.81 bits per heavy atom. The van der Waals surface area contributed by atoms with Crippen LogP contribution in [-0.4, -0.2) is 73.2 Å². The molecule has 1 N–H and O–H groups in total. The van der Waals surface area contributed by atoms with Crippen molar-refractivity contribution in [3.63, 3.8) is 0 Å². The molecule has 172 valence electrons. The molecule has 9 nitrogen and oxygen atoms in total. The number of hydrogen-bond donors (Lipinski definition) is 1. The lowest BCUT2D eigenvalue weighted by Gasteiger charge is -2.30. The van der Waals surface area contributed by atoms with Gasteiger partial charge in [0.25, 0.3) is 5.91 Å². The fraction of sp³-hybridized carbons (Fsp3) is 0.522. The molecule has 1 aromatic heterocycles. The van der Waals surface area contributed by atoms with Gasteiger partial charge in [-0.1, -0.05) is 6.07 Å². The van der Waals surface area contributed by atoms with E-state index < -0.39 is 0 Å². The zero-order chi connectivity index (χ0) is 22.7. The highest BCUT2D eigenvalue weighted by Crippen LogP contribution is 2.30. The summed E-state index contributed by atoms with van der Waals surface area (Å²) in [6.07, 6.45) is 1.45. The number of oxazole rings is 1. The van der Waals surface area contributed by atoms with E-state index in [1.54, 1.807) is 23.8 Å². The number of rotatable bonds is 4. The Morgan fingerprint density at radius 3 is 2.50 bits per heavy atom. The molecule has 0 atom stereocenters. The number of piperidine rings is 1. The second-order valence-electron chi connectivity index (χ2n) is 8.26. The third-order valence-corrected chi connectivity index (χ3v) is 6.04. The number of methoxy groups -OCH3 is 1. The molecule has 2 aromatic rings. The molecule has 0 bridgehead atoms. The number of nitrogens with one attached hydrogen (secondary N) is 1. The summed E-state index contributed by atoms with van der Waals surface area (Å²) in [6, 6.07) is 5.53. The maximum absolute atomic E-state index is 12.8. The highest BCUT2D eigenvalue weighted by Gasteiger charge is 2.30. The molecule has 0 radical (unpaired) electrons. The number of urea groups is 1. The summed E-state index contributed by atoms with van der Waals surface area (Å²) in [6.45, 7) is 7.14. The Labute approximate surface area is 187 Å². The summed E-state index contributed by atoms with van der Waals surface area (Å²) in [4.78, 5) is 33.6. The van der Waals surface area contributed by atoms with Crippen molar-refractivity contribution in [1.29, 1.82) is 0 Å². The Hall–Kier alpha value is -3.07. The van der Waals surface area contributed by atoms with Crippen molar-refractivity contribution in [1.82, 2.24) is 14.8 Å². The number of morpholine rings is 1. The lowest BCUT2D eigenvalue weighted by atomic mass is 9.97. The van der Waals surface area contributed by atoms with E-state index in [0.717, 1.165) is 18.4 Å². The summed E-state index contributed by atoms with van der Waals surface area (Å²) in [5.74, 6) is 1.73. The summed E-state index contributed by atoms with van der Waals surface area (Å²) < 4.78 is 16.5. The van der Waals surface area contributed by atoms with Crippen LogP contribution in [0.15, 0.2) is 22.6 Å². The van der Waals surface area contributed by atoms with E-state index in [1.807, 2.05) is 25.1 Å². The van der Waals surface area contributed by atoms with Gasteiger partial charge in [-0.05, 0) is 44.4 Å². The number of benzene rings is 1. The number of aromatic nitrogens is 1. The average molecular weight is 443 g/mol. The molecule has 2 aliphatic heterocycles. The Bertz CT molecular complexity index is 975. The van der Waals surface area contributed by atoms with Gasteiger partial charge in [0.2, 0.25) is 0 Å². The van der Waals surface area contributed by atoms with E-state index >= 15 is 0 Å². The van der Waals surface area contributed by atoms with Crippen LogP contribution < -0.4 is 10.1 Å². The van der Waals surface area contributed by atoms with Crippen molar-refractivity contribution in [2.75, 3.05) is 51.8 Å². The highest BCUT2D eigenvalue weighted by molar-refractivity contribution is 5.93. The molecule has 0 unspecified atom stereocenters. The number of amides is 3. The lowest BCUT2D eigenvalue weighted by molar-refractivity contribution is 0.0298. The average Bonchev–Trinajstić information content (AvgIpc) is 3.21. The van der Waals surface area contributed by atoms with Crippen LogP contribution in [-0.2, 0) is 4.74 Å². The molecule has 3 heterocycles. The highest BCUT2D eigenvalue weighted by atomic mass is 16.5. The van der Waals surface area contributed by atoms with E-state index in [2.05, 4.69) is 10.3 Å². The number of hydrogen-bond acceptors (Lipinski definition) is 6. The smallest absolute Gasteiger partial charge is 0.321 e. The Balaban J connectivity index is 1.36. The monoisotopic (exact) mass is 442 g/mol. The number of likely N-dealkylation sites (tertiary alicyclic amines) is 1. The number of nitrogens with zero attached hydrogens (tertiary/aromatic N) is 3. The number of ether oxygens (including phenoxy) is 2. The molecule has 2 saturated heterocycles. The predicted molar refractivity (Wildman–Crippen MR) is 118 cm³/mol. The SMILES string of the molecule is COc1ccc(C)cc1NC(=O)N1CCC(c2nc(C(=O)N3CCOCC3)c(C)o2)CC1. The normalized spacial score (nSPS) is 17.3. The number of aryl methyl sites for hydroxylation is 2. The van der Waals surface area contributed by atoms with E-state index in [0.29, 0.717) is 68.2 Å². The Morgan fingerprint density at radius 1 is 1.09 bits per heavy atom. The van der Waals surface area contributed by atoms with Crippen LogP contribution in [0.1, 0.15) is 46.5 Å².